The van der Waals surface area contributed by atoms with Crippen LogP contribution in [0.3, 0.4) is 0 Å². The molecule has 0 bridgehead atoms. The molecule has 1 fully saturated rings. The van der Waals surface area contributed by atoms with Gasteiger partial charge in [0.2, 0.25) is 5.91 Å². The minimum absolute atomic E-state index is 0.145. The van der Waals surface area contributed by atoms with Gasteiger partial charge >= 0.3 is 0 Å². The Hall–Kier alpha value is -3.21. The Balaban J connectivity index is 1.45. The summed E-state index contributed by atoms with van der Waals surface area (Å²) in [6.07, 6.45) is 3.23. The Morgan fingerprint density at radius 3 is 2.65 bits per heavy atom. The number of rotatable bonds is 4. The van der Waals surface area contributed by atoms with Gasteiger partial charge in [0.05, 0.1) is 11.1 Å². The number of aromatic nitrogens is 1. The van der Waals surface area contributed by atoms with E-state index in [9.17, 15) is 9.59 Å². The molecule has 2 amide bonds. The van der Waals surface area contributed by atoms with Gasteiger partial charge in [0.1, 0.15) is 0 Å². The van der Waals surface area contributed by atoms with Crippen molar-refractivity contribution in [2.24, 2.45) is 0 Å². The molecule has 1 aliphatic heterocycles. The summed E-state index contributed by atoms with van der Waals surface area (Å²) in [5, 5.41) is 3.89. The fourth-order valence-electron chi connectivity index (χ4n) is 3.28. The normalized spacial score (nSPS) is 14.0. The van der Waals surface area contributed by atoms with E-state index in [0.29, 0.717) is 24.0 Å². The quantitative estimate of drug-likeness (QED) is 0.789. The maximum Gasteiger partial charge on any atom is 0.253 e. The van der Waals surface area contributed by atoms with E-state index in [1.807, 2.05) is 53.4 Å². The standard InChI is InChI=1S/C21H19N3O2/c25-19-7-3-13-24(19)17-10-8-15(9-11-17)14-23-21(26)18-6-1-4-16-5-2-12-22-20(16)18/h1-2,4-6,8-12H,3,7,13-14H2,(H,23,26). The molecule has 2 aromatic carbocycles. The Kier molecular flexibility index (Phi) is 4.35. The lowest BCUT2D eigenvalue weighted by Crippen LogP contribution is -2.24. The second-order valence-electron chi connectivity index (χ2n) is 6.38. The lowest BCUT2D eigenvalue weighted by molar-refractivity contribution is -0.117. The van der Waals surface area contributed by atoms with Crippen LogP contribution < -0.4 is 10.2 Å². The zero-order valence-corrected chi connectivity index (χ0v) is 14.3. The molecule has 1 N–H and O–H groups in total. The summed E-state index contributed by atoms with van der Waals surface area (Å²) in [7, 11) is 0. The highest BCUT2D eigenvalue weighted by atomic mass is 16.2. The lowest BCUT2D eigenvalue weighted by atomic mass is 10.1. The predicted molar refractivity (Wildman–Crippen MR) is 101 cm³/mol. The molecule has 5 nitrogen and oxygen atoms in total. The molecule has 0 atom stereocenters. The minimum Gasteiger partial charge on any atom is -0.348 e. The van der Waals surface area contributed by atoms with Crippen molar-refractivity contribution in [1.29, 1.82) is 0 Å². The Morgan fingerprint density at radius 1 is 1.08 bits per heavy atom. The average molecular weight is 345 g/mol. The monoisotopic (exact) mass is 345 g/mol. The van der Waals surface area contributed by atoms with E-state index in [1.54, 1.807) is 12.3 Å². The molecule has 5 heteroatoms. The molecule has 0 radical (unpaired) electrons. The first-order valence-corrected chi connectivity index (χ1v) is 8.73. The molecule has 0 spiro atoms. The molecule has 130 valence electrons. The number of hydrogen-bond donors (Lipinski definition) is 1. The summed E-state index contributed by atoms with van der Waals surface area (Å²) in [4.78, 5) is 30.5. The summed E-state index contributed by atoms with van der Waals surface area (Å²) in [6.45, 7) is 1.21. The van der Waals surface area contributed by atoms with Gasteiger partial charge in [-0.1, -0.05) is 30.3 Å². The van der Waals surface area contributed by atoms with Crippen LogP contribution in [0.1, 0.15) is 28.8 Å². The smallest absolute Gasteiger partial charge is 0.253 e. The second kappa shape index (κ2) is 6.96. The average Bonchev–Trinajstić information content (AvgIpc) is 3.12. The fourth-order valence-corrected chi connectivity index (χ4v) is 3.28. The zero-order valence-electron chi connectivity index (χ0n) is 14.3. The number of pyridine rings is 1. The maximum absolute atomic E-state index is 12.5. The molecule has 4 rings (SSSR count). The molecule has 1 aromatic heterocycles. The summed E-state index contributed by atoms with van der Waals surface area (Å²) < 4.78 is 0. The van der Waals surface area contributed by atoms with E-state index in [-0.39, 0.29) is 11.8 Å². The summed E-state index contributed by atoms with van der Waals surface area (Å²) in [5.41, 5.74) is 3.18. The van der Waals surface area contributed by atoms with Gasteiger partial charge in [-0.25, -0.2) is 0 Å². The number of fused-ring (bicyclic) bond motifs is 1. The highest BCUT2D eigenvalue weighted by Crippen LogP contribution is 2.21. The minimum atomic E-state index is -0.145. The molecule has 3 aromatic rings. The van der Waals surface area contributed by atoms with Crippen molar-refractivity contribution in [2.75, 3.05) is 11.4 Å². The zero-order chi connectivity index (χ0) is 17.9. The van der Waals surface area contributed by atoms with Crippen LogP contribution >= 0.6 is 0 Å². The number of amides is 2. The molecule has 2 heterocycles. The Morgan fingerprint density at radius 2 is 1.88 bits per heavy atom. The number of carbonyl (C=O) groups excluding carboxylic acids is 2. The molecule has 0 aliphatic carbocycles. The largest absolute Gasteiger partial charge is 0.348 e. The third kappa shape index (κ3) is 3.16. The molecule has 0 saturated carbocycles. The SMILES string of the molecule is O=C(NCc1ccc(N2CCCC2=O)cc1)c1cccc2cccnc12. The van der Waals surface area contributed by atoms with E-state index < -0.39 is 0 Å². The number of carbonyl (C=O) groups is 2. The highest BCUT2D eigenvalue weighted by Gasteiger charge is 2.21. The van der Waals surface area contributed by atoms with Gasteiger partial charge in [0, 0.05) is 36.8 Å². The third-order valence-corrected chi connectivity index (χ3v) is 4.65. The van der Waals surface area contributed by atoms with E-state index in [0.717, 1.165) is 29.6 Å². The van der Waals surface area contributed by atoms with Gasteiger partial charge < -0.3 is 10.2 Å². The second-order valence-corrected chi connectivity index (χ2v) is 6.38. The van der Waals surface area contributed by atoms with Gasteiger partial charge in [-0.05, 0) is 36.2 Å². The lowest BCUT2D eigenvalue weighted by Gasteiger charge is -2.16. The maximum atomic E-state index is 12.5. The van der Waals surface area contributed by atoms with E-state index >= 15 is 0 Å². The number of nitrogens with zero attached hydrogens (tertiary/aromatic N) is 2. The van der Waals surface area contributed by atoms with Crippen LogP contribution in [-0.2, 0) is 11.3 Å². The first-order chi connectivity index (χ1) is 12.7. The number of nitrogens with one attached hydrogen (secondary N) is 1. The Bertz CT molecular complexity index is 961. The van der Waals surface area contributed by atoms with Crippen molar-refractivity contribution in [3.05, 3.63) is 71.9 Å². The van der Waals surface area contributed by atoms with Crippen LogP contribution in [0.4, 0.5) is 5.69 Å². The number of hydrogen-bond acceptors (Lipinski definition) is 3. The van der Waals surface area contributed by atoms with Crippen LogP contribution in [0.15, 0.2) is 60.8 Å². The van der Waals surface area contributed by atoms with Crippen molar-refractivity contribution in [3.8, 4) is 0 Å². The fraction of sp³-hybridized carbons (Fsp3) is 0.190. The van der Waals surface area contributed by atoms with E-state index in [2.05, 4.69) is 10.3 Å². The van der Waals surface area contributed by atoms with Crippen molar-refractivity contribution >= 4 is 28.4 Å². The first kappa shape index (κ1) is 16.3. The van der Waals surface area contributed by atoms with E-state index in [4.69, 9.17) is 0 Å². The van der Waals surface area contributed by atoms with Gasteiger partial charge in [0.15, 0.2) is 0 Å². The van der Waals surface area contributed by atoms with Crippen molar-refractivity contribution in [2.45, 2.75) is 19.4 Å². The molecule has 26 heavy (non-hydrogen) atoms. The highest BCUT2D eigenvalue weighted by molar-refractivity contribution is 6.05. The number of para-hydroxylation sites is 1. The van der Waals surface area contributed by atoms with Crippen LogP contribution in [-0.4, -0.2) is 23.3 Å². The molecule has 1 aliphatic rings. The number of benzene rings is 2. The van der Waals surface area contributed by atoms with Crippen molar-refractivity contribution in [1.82, 2.24) is 10.3 Å². The molecular weight excluding hydrogens is 326 g/mol. The van der Waals surface area contributed by atoms with Crippen LogP contribution in [0.25, 0.3) is 10.9 Å². The third-order valence-electron chi connectivity index (χ3n) is 4.65. The Labute approximate surface area is 151 Å². The van der Waals surface area contributed by atoms with Gasteiger partial charge in [0.25, 0.3) is 5.91 Å². The molecule has 1 saturated heterocycles. The number of anilines is 1. The molecular formula is C21H19N3O2. The predicted octanol–water partition coefficient (Wildman–Crippen LogP) is 3.29. The molecule has 0 unspecified atom stereocenters. The van der Waals surface area contributed by atoms with Gasteiger partial charge in [-0.15, -0.1) is 0 Å². The van der Waals surface area contributed by atoms with Crippen molar-refractivity contribution < 1.29 is 9.59 Å². The van der Waals surface area contributed by atoms with Crippen molar-refractivity contribution in [3.63, 3.8) is 0 Å². The summed E-state index contributed by atoms with van der Waals surface area (Å²) in [6, 6.07) is 17.2. The topological polar surface area (TPSA) is 62.3 Å². The summed E-state index contributed by atoms with van der Waals surface area (Å²) in [5.74, 6) is 0.0302. The summed E-state index contributed by atoms with van der Waals surface area (Å²) >= 11 is 0. The van der Waals surface area contributed by atoms with E-state index in [1.165, 1.54) is 0 Å². The van der Waals surface area contributed by atoms with Crippen LogP contribution in [0, 0.1) is 0 Å². The van der Waals surface area contributed by atoms with Crippen LogP contribution in [0.5, 0.6) is 0 Å². The first-order valence-electron chi connectivity index (χ1n) is 8.73. The van der Waals surface area contributed by atoms with Gasteiger partial charge in [-0.3, -0.25) is 14.6 Å². The van der Waals surface area contributed by atoms with Gasteiger partial charge in [-0.2, -0.15) is 0 Å². The van der Waals surface area contributed by atoms with Crippen LogP contribution in [0.2, 0.25) is 0 Å².